The van der Waals surface area contributed by atoms with Crippen LogP contribution >= 0.6 is 12.2 Å². The predicted octanol–water partition coefficient (Wildman–Crippen LogP) is 4.87. The van der Waals surface area contributed by atoms with Crippen LogP contribution in [0.1, 0.15) is 5.56 Å². The number of para-hydroxylation sites is 1. The third-order valence-electron chi connectivity index (χ3n) is 4.44. The van der Waals surface area contributed by atoms with Crippen molar-refractivity contribution < 1.29 is 14.2 Å². The molecule has 0 fully saturated rings. The molecule has 0 heterocycles. The lowest BCUT2D eigenvalue weighted by Crippen LogP contribution is -2.28. The number of hydrogen-bond donors (Lipinski definition) is 2. The van der Waals surface area contributed by atoms with Gasteiger partial charge in [-0.25, -0.2) is 0 Å². The number of thiocarbonyl (C=S) groups is 1. The number of ether oxygens (including phenoxy) is 3. The van der Waals surface area contributed by atoms with Crippen LogP contribution in [0.3, 0.4) is 0 Å². The average Bonchev–Trinajstić information content (AvgIpc) is 2.77. The van der Waals surface area contributed by atoms with Crippen molar-refractivity contribution in [3.05, 3.63) is 72.3 Å². The second-order valence-corrected chi connectivity index (χ2v) is 6.66. The van der Waals surface area contributed by atoms with E-state index in [2.05, 4.69) is 28.8 Å². The fourth-order valence-electron chi connectivity index (χ4n) is 3.05. The molecular weight excluding hydrogens is 384 g/mol. The molecule has 3 rings (SSSR count). The first kappa shape index (κ1) is 20.5. The van der Waals surface area contributed by atoms with E-state index in [0.29, 0.717) is 28.9 Å². The standard InChI is InChI=1S/C23H24N2O3S/c1-26-20-13-16(14-21(27-2)22(20)28-3)15-24-23(29)25-19-12-8-7-11-18(19)17-9-5-4-6-10-17/h4-14H,15H2,1-3H3,(H2,24,25,29). The first-order chi connectivity index (χ1) is 14.2. The lowest BCUT2D eigenvalue weighted by atomic mass is 10.0. The molecule has 3 aromatic rings. The van der Waals surface area contributed by atoms with Gasteiger partial charge in [0.1, 0.15) is 0 Å². The number of benzene rings is 3. The zero-order valence-corrected chi connectivity index (χ0v) is 17.5. The zero-order valence-electron chi connectivity index (χ0n) is 16.7. The van der Waals surface area contributed by atoms with Gasteiger partial charge in [0.05, 0.1) is 21.3 Å². The number of nitrogens with one attached hydrogen (secondary N) is 2. The van der Waals surface area contributed by atoms with Crippen LogP contribution in [-0.4, -0.2) is 26.4 Å². The molecule has 0 aromatic heterocycles. The van der Waals surface area contributed by atoms with Gasteiger partial charge in [-0.3, -0.25) is 0 Å². The van der Waals surface area contributed by atoms with Crippen LogP contribution in [-0.2, 0) is 6.54 Å². The number of hydrogen-bond acceptors (Lipinski definition) is 4. The fraction of sp³-hybridized carbons (Fsp3) is 0.174. The molecule has 0 unspecified atom stereocenters. The Morgan fingerprint density at radius 1 is 0.828 bits per heavy atom. The summed E-state index contributed by atoms with van der Waals surface area (Å²) in [7, 11) is 4.78. The van der Waals surface area contributed by atoms with Crippen LogP contribution in [0.25, 0.3) is 11.1 Å². The summed E-state index contributed by atoms with van der Waals surface area (Å²) in [6.07, 6.45) is 0. The van der Waals surface area contributed by atoms with Crippen LogP contribution in [0.15, 0.2) is 66.7 Å². The van der Waals surface area contributed by atoms with E-state index in [1.807, 2.05) is 48.5 Å². The van der Waals surface area contributed by atoms with E-state index in [4.69, 9.17) is 26.4 Å². The SMILES string of the molecule is COc1cc(CNC(=S)Nc2ccccc2-c2ccccc2)cc(OC)c1OC. The van der Waals surface area contributed by atoms with E-state index in [1.54, 1.807) is 21.3 Å². The molecule has 3 aromatic carbocycles. The van der Waals surface area contributed by atoms with Gasteiger partial charge in [0.2, 0.25) is 5.75 Å². The van der Waals surface area contributed by atoms with Crippen LogP contribution in [0.2, 0.25) is 0 Å². The molecule has 0 spiro atoms. The van der Waals surface area contributed by atoms with Crippen molar-refractivity contribution in [3.8, 4) is 28.4 Å². The molecule has 0 saturated carbocycles. The fourth-order valence-corrected chi connectivity index (χ4v) is 3.23. The van der Waals surface area contributed by atoms with E-state index in [-0.39, 0.29) is 0 Å². The summed E-state index contributed by atoms with van der Waals surface area (Å²) in [5.41, 5.74) is 4.12. The van der Waals surface area contributed by atoms with Gasteiger partial charge in [-0.1, -0.05) is 48.5 Å². The minimum Gasteiger partial charge on any atom is -0.493 e. The first-order valence-corrected chi connectivity index (χ1v) is 9.55. The minimum atomic E-state index is 0.510. The Labute approximate surface area is 176 Å². The Morgan fingerprint density at radius 2 is 1.45 bits per heavy atom. The molecule has 0 bridgehead atoms. The largest absolute Gasteiger partial charge is 0.493 e. The maximum Gasteiger partial charge on any atom is 0.203 e. The second kappa shape index (κ2) is 9.80. The van der Waals surface area contributed by atoms with Gasteiger partial charge in [0, 0.05) is 17.8 Å². The lowest BCUT2D eigenvalue weighted by Gasteiger charge is -2.16. The van der Waals surface area contributed by atoms with Crippen molar-refractivity contribution in [2.75, 3.05) is 26.6 Å². The van der Waals surface area contributed by atoms with Crippen LogP contribution < -0.4 is 24.8 Å². The second-order valence-electron chi connectivity index (χ2n) is 6.25. The molecule has 6 heteroatoms. The molecule has 0 radical (unpaired) electrons. The third kappa shape index (κ3) is 4.97. The summed E-state index contributed by atoms with van der Waals surface area (Å²) in [6, 6.07) is 22.1. The van der Waals surface area contributed by atoms with Gasteiger partial charge < -0.3 is 24.8 Å². The van der Waals surface area contributed by atoms with E-state index in [0.717, 1.165) is 22.4 Å². The normalized spacial score (nSPS) is 10.2. The highest BCUT2D eigenvalue weighted by atomic mass is 32.1. The summed E-state index contributed by atoms with van der Waals surface area (Å²) < 4.78 is 16.2. The van der Waals surface area contributed by atoms with E-state index >= 15 is 0 Å². The van der Waals surface area contributed by atoms with Crippen LogP contribution in [0.4, 0.5) is 5.69 Å². The van der Waals surface area contributed by atoms with Crippen molar-refractivity contribution in [3.63, 3.8) is 0 Å². The number of rotatable bonds is 7. The van der Waals surface area contributed by atoms with Crippen molar-refractivity contribution >= 4 is 23.0 Å². The summed E-state index contributed by atoms with van der Waals surface area (Å²) in [4.78, 5) is 0. The zero-order chi connectivity index (χ0) is 20.6. The van der Waals surface area contributed by atoms with E-state index in [9.17, 15) is 0 Å². The molecule has 0 atom stereocenters. The van der Waals surface area contributed by atoms with Gasteiger partial charge in [-0.2, -0.15) is 0 Å². The topological polar surface area (TPSA) is 51.8 Å². The molecule has 2 N–H and O–H groups in total. The highest BCUT2D eigenvalue weighted by Crippen LogP contribution is 2.38. The van der Waals surface area contributed by atoms with Crippen molar-refractivity contribution in [2.24, 2.45) is 0 Å². The van der Waals surface area contributed by atoms with Crippen molar-refractivity contribution in [2.45, 2.75) is 6.54 Å². The number of anilines is 1. The van der Waals surface area contributed by atoms with E-state index in [1.165, 1.54) is 0 Å². The minimum absolute atomic E-state index is 0.510. The van der Waals surface area contributed by atoms with Gasteiger partial charge in [0.15, 0.2) is 16.6 Å². The molecule has 0 aliphatic rings. The molecule has 0 aliphatic heterocycles. The molecule has 0 saturated heterocycles. The molecular formula is C23H24N2O3S. The lowest BCUT2D eigenvalue weighted by molar-refractivity contribution is 0.323. The Kier molecular flexibility index (Phi) is 6.92. The Morgan fingerprint density at radius 3 is 2.07 bits per heavy atom. The summed E-state index contributed by atoms with van der Waals surface area (Å²) in [6.45, 7) is 0.510. The van der Waals surface area contributed by atoms with E-state index < -0.39 is 0 Å². The quantitative estimate of drug-likeness (QED) is 0.544. The molecule has 150 valence electrons. The van der Waals surface area contributed by atoms with Crippen LogP contribution in [0, 0.1) is 0 Å². The van der Waals surface area contributed by atoms with Gasteiger partial charge in [0.25, 0.3) is 0 Å². The molecule has 29 heavy (non-hydrogen) atoms. The molecule has 0 amide bonds. The maximum atomic E-state index is 5.51. The van der Waals surface area contributed by atoms with Gasteiger partial charge in [-0.15, -0.1) is 0 Å². The molecule has 0 aliphatic carbocycles. The van der Waals surface area contributed by atoms with Crippen LogP contribution in [0.5, 0.6) is 17.2 Å². The smallest absolute Gasteiger partial charge is 0.203 e. The highest BCUT2D eigenvalue weighted by Gasteiger charge is 2.13. The highest BCUT2D eigenvalue weighted by molar-refractivity contribution is 7.80. The number of methoxy groups -OCH3 is 3. The maximum absolute atomic E-state index is 5.51. The molecule has 5 nitrogen and oxygen atoms in total. The first-order valence-electron chi connectivity index (χ1n) is 9.14. The predicted molar refractivity (Wildman–Crippen MR) is 121 cm³/mol. The Balaban J connectivity index is 1.72. The Bertz CT molecular complexity index is 952. The van der Waals surface area contributed by atoms with Crippen molar-refractivity contribution in [1.82, 2.24) is 5.32 Å². The van der Waals surface area contributed by atoms with Gasteiger partial charge in [-0.05, 0) is 41.5 Å². The Hall–Kier alpha value is -3.25. The van der Waals surface area contributed by atoms with Gasteiger partial charge >= 0.3 is 0 Å². The monoisotopic (exact) mass is 408 g/mol. The summed E-state index contributed by atoms with van der Waals surface area (Å²) >= 11 is 5.51. The summed E-state index contributed by atoms with van der Waals surface area (Å²) in [5.74, 6) is 1.78. The third-order valence-corrected chi connectivity index (χ3v) is 4.68. The average molecular weight is 409 g/mol. The summed E-state index contributed by atoms with van der Waals surface area (Å²) in [5, 5.41) is 7.06. The van der Waals surface area contributed by atoms with Crippen molar-refractivity contribution in [1.29, 1.82) is 0 Å².